The van der Waals surface area contributed by atoms with Crippen LogP contribution in [0.15, 0.2) is 53.6 Å². The van der Waals surface area contributed by atoms with Gasteiger partial charge in [-0.1, -0.05) is 48.0 Å². The van der Waals surface area contributed by atoms with Crippen LogP contribution in [0.3, 0.4) is 0 Å². The van der Waals surface area contributed by atoms with Gasteiger partial charge in [-0.25, -0.2) is 5.01 Å². The predicted molar refractivity (Wildman–Crippen MR) is 119 cm³/mol. The van der Waals surface area contributed by atoms with Gasteiger partial charge in [0, 0.05) is 18.5 Å². The maximum Gasteiger partial charge on any atom is 0.307 e. The summed E-state index contributed by atoms with van der Waals surface area (Å²) in [4.78, 5) is 36.8. The maximum atomic E-state index is 12.4. The fourth-order valence-corrected chi connectivity index (χ4v) is 3.31. The van der Waals surface area contributed by atoms with Gasteiger partial charge in [-0.2, -0.15) is 5.10 Å². The largest absolute Gasteiger partial charge is 0.453 e. The summed E-state index contributed by atoms with van der Waals surface area (Å²) in [5.74, 6) is -1.25. The number of hydrogen-bond donors (Lipinski definition) is 1. The molecular formula is C24H27N3O4. The molecule has 1 heterocycles. The number of hydrazone groups is 1. The highest BCUT2D eigenvalue weighted by atomic mass is 16.5. The molecular weight excluding hydrogens is 394 g/mol. The molecule has 3 rings (SSSR count). The van der Waals surface area contributed by atoms with E-state index in [-0.39, 0.29) is 18.7 Å². The third kappa shape index (κ3) is 6.01. The van der Waals surface area contributed by atoms with Crippen molar-refractivity contribution in [2.24, 2.45) is 5.10 Å². The summed E-state index contributed by atoms with van der Waals surface area (Å²) in [6, 6.07) is 15.4. The van der Waals surface area contributed by atoms with Crippen LogP contribution in [0.25, 0.3) is 0 Å². The van der Waals surface area contributed by atoms with Crippen molar-refractivity contribution in [3.05, 3.63) is 65.2 Å². The van der Waals surface area contributed by atoms with E-state index in [2.05, 4.69) is 10.4 Å². The normalized spacial score (nSPS) is 14.0. The average Bonchev–Trinajstić information content (AvgIpc) is 3.25. The molecule has 0 bridgehead atoms. The Labute approximate surface area is 182 Å². The molecule has 0 saturated carbocycles. The van der Waals surface area contributed by atoms with E-state index in [4.69, 9.17) is 4.74 Å². The topological polar surface area (TPSA) is 88.1 Å². The lowest BCUT2D eigenvalue weighted by molar-refractivity contribution is -0.154. The van der Waals surface area contributed by atoms with Crippen LogP contribution in [0.2, 0.25) is 0 Å². The molecule has 162 valence electrons. The molecule has 2 aromatic rings. The third-order valence-electron chi connectivity index (χ3n) is 5.06. The Bertz CT molecular complexity index is 1000. The maximum absolute atomic E-state index is 12.4. The summed E-state index contributed by atoms with van der Waals surface area (Å²) >= 11 is 0. The van der Waals surface area contributed by atoms with Gasteiger partial charge < -0.3 is 10.1 Å². The van der Waals surface area contributed by atoms with Crippen LogP contribution < -0.4 is 5.32 Å². The Hall–Kier alpha value is -3.48. The summed E-state index contributed by atoms with van der Waals surface area (Å²) in [6.07, 6.45) is -0.406. The number of anilines is 1. The van der Waals surface area contributed by atoms with Crippen molar-refractivity contribution in [2.75, 3.05) is 11.9 Å². The van der Waals surface area contributed by atoms with Crippen LogP contribution in [0.5, 0.6) is 0 Å². The molecule has 1 aliphatic rings. The molecule has 0 spiro atoms. The first-order valence-electron chi connectivity index (χ1n) is 10.3. The molecule has 2 aromatic carbocycles. The van der Waals surface area contributed by atoms with Crippen LogP contribution >= 0.6 is 0 Å². The van der Waals surface area contributed by atoms with Crippen molar-refractivity contribution in [3.8, 4) is 0 Å². The van der Waals surface area contributed by atoms with Crippen LogP contribution in [0.1, 0.15) is 42.9 Å². The smallest absolute Gasteiger partial charge is 0.307 e. The van der Waals surface area contributed by atoms with Gasteiger partial charge in [-0.05, 0) is 38.0 Å². The molecule has 0 aromatic heterocycles. The minimum absolute atomic E-state index is 0.0180. The summed E-state index contributed by atoms with van der Waals surface area (Å²) < 4.78 is 5.19. The second kappa shape index (κ2) is 10.0. The van der Waals surface area contributed by atoms with Gasteiger partial charge in [0.1, 0.15) is 0 Å². The Morgan fingerprint density at radius 3 is 2.55 bits per heavy atom. The van der Waals surface area contributed by atoms with Gasteiger partial charge >= 0.3 is 5.97 Å². The molecule has 0 saturated heterocycles. The van der Waals surface area contributed by atoms with Crippen molar-refractivity contribution < 1.29 is 19.1 Å². The first kappa shape index (κ1) is 22.2. The van der Waals surface area contributed by atoms with Gasteiger partial charge in [-0.15, -0.1) is 0 Å². The second-order valence-corrected chi connectivity index (χ2v) is 7.62. The van der Waals surface area contributed by atoms with E-state index in [0.29, 0.717) is 18.7 Å². The number of aryl methyl sites for hydroxylation is 2. The van der Waals surface area contributed by atoms with Crippen LogP contribution in [0.4, 0.5) is 5.69 Å². The molecule has 1 atom stereocenters. The zero-order valence-corrected chi connectivity index (χ0v) is 18.1. The first-order valence-corrected chi connectivity index (χ1v) is 10.3. The molecule has 7 heteroatoms. The molecule has 0 fully saturated rings. The van der Waals surface area contributed by atoms with E-state index in [1.54, 1.807) is 0 Å². The van der Waals surface area contributed by atoms with E-state index in [9.17, 15) is 14.4 Å². The SMILES string of the molecule is Cc1ccc(NC(=O)C(C)OC(=O)CCC(=O)N2CCC(c3ccccc3)=N2)c(C)c1. The number of ether oxygens (including phenoxy) is 1. The summed E-state index contributed by atoms with van der Waals surface area (Å²) in [5, 5.41) is 8.53. The van der Waals surface area contributed by atoms with Gasteiger partial charge in [0.25, 0.3) is 5.91 Å². The van der Waals surface area contributed by atoms with Crippen molar-refractivity contribution in [1.29, 1.82) is 0 Å². The summed E-state index contributed by atoms with van der Waals surface area (Å²) in [6.45, 7) is 5.87. The van der Waals surface area contributed by atoms with E-state index >= 15 is 0 Å². The van der Waals surface area contributed by atoms with Crippen molar-refractivity contribution >= 4 is 29.2 Å². The Morgan fingerprint density at radius 2 is 1.84 bits per heavy atom. The highest BCUT2D eigenvalue weighted by molar-refractivity contribution is 6.02. The lowest BCUT2D eigenvalue weighted by Gasteiger charge is -2.15. The summed E-state index contributed by atoms with van der Waals surface area (Å²) in [5.41, 5.74) is 4.54. The highest BCUT2D eigenvalue weighted by Crippen LogP contribution is 2.17. The van der Waals surface area contributed by atoms with Crippen molar-refractivity contribution in [2.45, 2.75) is 46.1 Å². The number of esters is 1. The van der Waals surface area contributed by atoms with E-state index < -0.39 is 18.0 Å². The van der Waals surface area contributed by atoms with Crippen molar-refractivity contribution in [1.82, 2.24) is 5.01 Å². The number of carbonyl (C=O) groups excluding carboxylic acids is 3. The monoisotopic (exact) mass is 421 g/mol. The minimum Gasteiger partial charge on any atom is -0.453 e. The number of benzene rings is 2. The van der Waals surface area contributed by atoms with E-state index in [1.165, 1.54) is 11.9 Å². The predicted octanol–water partition coefficient (Wildman–Crippen LogP) is 3.59. The van der Waals surface area contributed by atoms with Gasteiger partial charge in [0.15, 0.2) is 6.10 Å². The van der Waals surface area contributed by atoms with Crippen molar-refractivity contribution in [3.63, 3.8) is 0 Å². The molecule has 1 N–H and O–H groups in total. The Morgan fingerprint density at radius 1 is 1.10 bits per heavy atom. The number of carbonyl (C=O) groups is 3. The standard InChI is InChI=1S/C24H27N3O4/c1-16-9-10-20(17(2)15-16)25-24(30)18(3)31-23(29)12-11-22(28)27-14-13-21(26-27)19-7-5-4-6-8-19/h4-10,15,18H,11-14H2,1-3H3,(H,25,30). The molecule has 1 unspecified atom stereocenters. The summed E-state index contributed by atoms with van der Waals surface area (Å²) in [7, 11) is 0. The van der Waals surface area contributed by atoms with Gasteiger partial charge in [0.05, 0.1) is 18.7 Å². The number of amides is 2. The molecule has 31 heavy (non-hydrogen) atoms. The van der Waals surface area contributed by atoms with Crippen LogP contribution in [-0.2, 0) is 19.1 Å². The number of rotatable bonds is 7. The zero-order valence-electron chi connectivity index (χ0n) is 18.1. The van der Waals surface area contributed by atoms with Crippen LogP contribution in [0, 0.1) is 13.8 Å². The number of nitrogens with one attached hydrogen (secondary N) is 1. The van der Waals surface area contributed by atoms with E-state index in [1.807, 2.05) is 62.4 Å². The fourth-order valence-electron chi connectivity index (χ4n) is 3.31. The van der Waals surface area contributed by atoms with E-state index in [0.717, 1.165) is 22.4 Å². The zero-order chi connectivity index (χ0) is 22.4. The third-order valence-corrected chi connectivity index (χ3v) is 5.06. The van der Waals surface area contributed by atoms with Gasteiger partial charge in [0.2, 0.25) is 5.91 Å². The Balaban J connectivity index is 1.45. The number of hydrogen-bond acceptors (Lipinski definition) is 5. The molecule has 1 aliphatic heterocycles. The molecule has 2 amide bonds. The lowest BCUT2D eigenvalue weighted by Crippen LogP contribution is -2.31. The average molecular weight is 421 g/mol. The highest BCUT2D eigenvalue weighted by Gasteiger charge is 2.23. The van der Waals surface area contributed by atoms with Gasteiger partial charge in [-0.3, -0.25) is 14.4 Å². The second-order valence-electron chi connectivity index (χ2n) is 7.62. The quantitative estimate of drug-likeness (QED) is 0.692. The lowest BCUT2D eigenvalue weighted by atomic mass is 10.1. The first-order chi connectivity index (χ1) is 14.8. The fraction of sp³-hybridized carbons (Fsp3) is 0.333. The minimum atomic E-state index is -0.960. The molecule has 0 aliphatic carbocycles. The molecule has 7 nitrogen and oxygen atoms in total. The molecule has 0 radical (unpaired) electrons. The van der Waals surface area contributed by atoms with Crippen LogP contribution in [-0.4, -0.2) is 41.2 Å². The Kier molecular flexibility index (Phi) is 7.18. The number of nitrogens with zero attached hydrogens (tertiary/aromatic N) is 2.